The molecule has 146 valence electrons. The third-order valence-electron chi connectivity index (χ3n) is 4.43. The molecule has 1 fully saturated rings. The van der Waals surface area contributed by atoms with Crippen molar-refractivity contribution in [3.63, 3.8) is 0 Å². The Bertz CT molecular complexity index is 913. The fourth-order valence-corrected chi connectivity index (χ4v) is 2.95. The number of aliphatic carboxylic acids is 1. The maximum absolute atomic E-state index is 13.4. The van der Waals surface area contributed by atoms with Gasteiger partial charge in [0.2, 0.25) is 11.8 Å². The molecule has 28 heavy (non-hydrogen) atoms. The van der Waals surface area contributed by atoms with Crippen LogP contribution < -0.4 is 15.0 Å². The molecule has 3 rings (SSSR count). The predicted octanol–water partition coefficient (Wildman–Crippen LogP) is 2.59. The molecule has 1 saturated heterocycles. The van der Waals surface area contributed by atoms with Crippen LogP contribution in [0.1, 0.15) is 12.0 Å². The third-order valence-corrected chi connectivity index (χ3v) is 4.43. The van der Waals surface area contributed by atoms with Crippen molar-refractivity contribution in [1.82, 2.24) is 0 Å². The van der Waals surface area contributed by atoms with Gasteiger partial charge in [0.15, 0.2) is 6.61 Å². The highest BCUT2D eigenvalue weighted by atomic mass is 19.1. The molecule has 1 aliphatic rings. The number of halogens is 1. The Morgan fingerprint density at radius 3 is 2.61 bits per heavy atom. The number of benzene rings is 2. The topological polar surface area (TPSA) is 95.9 Å². The van der Waals surface area contributed by atoms with Gasteiger partial charge in [-0.2, -0.15) is 0 Å². The van der Waals surface area contributed by atoms with Crippen molar-refractivity contribution in [2.75, 3.05) is 23.4 Å². The first-order valence-electron chi connectivity index (χ1n) is 8.65. The van der Waals surface area contributed by atoms with E-state index < -0.39 is 18.5 Å². The summed E-state index contributed by atoms with van der Waals surface area (Å²) in [5.74, 6) is -2.07. The first kappa shape index (κ1) is 19.3. The summed E-state index contributed by atoms with van der Waals surface area (Å²) in [5, 5.41) is 11.3. The third kappa shape index (κ3) is 4.46. The fraction of sp³-hybridized carbons (Fsp3) is 0.250. The second-order valence-corrected chi connectivity index (χ2v) is 6.53. The van der Waals surface area contributed by atoms with Gasteiger partial charge in [-0.1, -0.05) is 0 Å². The van der Waals surface area contributed by atoms with E-state index in [1.165, 1.54) is 17.0 Å². The number of nitrogens with one attached hydrogen (secondary N) is 1. The second kappa shape index (κ2) is 8.08. The number of carboxylic acid groups (broad SMARTS) is 1. The molecular weight excluding hydrogens is 367 g/mol. The smallest absolute Gasteiger partial charge is 0.341 e. The van der Waals surface area contributed by atoms with Crippen LogP contribution in [-0.4, -0.2) is 36.0 Å². The number of carbonyl (C=O) groups excluding carboxylic acids is 2. The summed E-state index contributed by atoms with van der Waals surface area (Å²) in [6, 6.07) is 10.7. The minimum absolute atomic E-state index is 0.0715. The van der Waals surface area contributed by atoms with Crippen LogP contribution in [0.4, 0.5) is 15.8 Å². The van der Waals surface area contributed by atoms with Crippen LogP contribution in [0.3, 0.4) is 0 Å². The standard InChI is InChI=1S/C20H19FN2O5/c1-12-8-15(4-7-17(12)21)23-10-13(9-18(23)24)20(27)22-14-2-5-16(6-3-14)28-11-19(25)26/h2-8,13H,9-11H2,1H3,(H,22,27)(H,25,26). The van der Waals surface area contributed by atoms with Crippen LogP contribution in [0.15, 0.2) is 42.5 Å². The number of nitrogens with zero attached hydrogens (tertiary/aromatic N) is 1. The summed E-state index contributed by atoms with van der Waals surface area (Å²) in [4.78, 5) is 36.8. The number of rotatable bonds is 6. The van der Waals surface area contributed by atoms with Crippen LogP contribution in [0.2, 0.25) is 0 Å². The molecule has 1 heterocycles. The van der Waals surface area contributed by atoms with Gasteiger partial charge in [0, 0.05) is 24.3 Å². The summed E-state index contributed by atoms with van der Waals surface area (Å²) in [6.45, 7) is 1.39. The molecule has 1 unspecified atom stereocenters. The number of hydrogen-bond donors (Lipinski definition) is 2. The van der Waals surface area contributed by atoms with E-state index in [1.807, 2.05) is 0 Å². The van der Waals surface area contributed by atoms with Crippen LogP contribution in [-0.2, 0) is 14.4 Å². The Kier molecular flexibility index (Phi) is 5.58. The minimum Gasteiger partial charge on any atom is -0.482 e. The lowest BCUT2D eigenvalue weighted by Gasteiger charge is -2.17. The number of hydrogen-bond acceptors (Lipinski definition) is 4. The van der Waals surface area contributed by atoms with E-state index in [2.05, 4.69) is 5.32 Å². The molecule has 2 aromatic carbocycles. The van der Waals surface area contributed by atoms with Gasteiger partial charge >= 0.3 is 5.97 Å². The highest BCUT2D eigenvalue weighted by molar-refractivity contribution is 6.03. The molecule has 0 spiro atoms. The zero-order chi connectivity index (χ0) is 20.3. The average Bonchev–Trinajstić information content (AvgIpc) is 3.05. The molecule has 0 saturated carbocycles. The number of ether oxygens (including phenoxy) is 1. The Labute approximate surface area is 160 Å². The van der Waals surface area contributed by atoms with E-state index in [-0.39, 0.29) is 30.6 Å². The van der Waals surface area contributed by atoms with Crippen LogP contribution in [0.25, 0.3) is 0 Å². The van der Waals surface area contributed by atoms with E-state index in [9.17, 15) is 18.8 Å². The van der Waals surface area contributed by atoms with Gasteiger partial charge in [-0.3, -0.25) is 9.59 Å². The Balaban J connectivity index is 1.61. The van der Waals surface area contributed by atoms with Crippen LogP contribution in [0, 0.1) is 18.7 Å². The highest BCUT2D eigenvalue weighted by Gasteiger charge is 2.35. The number of aryl methyl sites for hydroxylation is 1. The molecule has 0 bridgehead atoms. The monoisotopic (exact) mass is 386 g/mol. The molecule has 8 heteroatoms. The summed E-state index contributed by atoms with van der Waals surface area (Å²) in [6.07, 6.45) is 0.0715. The Morgan fingerprint density at radius 1 is 1.25 bits per heavy atom. The SMILES string of the molecule is Cc1cc(N2CC(C(=O)Nc3ccc(OCC(=O)O)cc3)CC2=O)ccc1F. The van der Waals surface area contributed by atoms with Crippen molar-refractivity contribution >= 4 is 29.2 Å². The van der Waals surface area contributed by atoms with Gasteiger partial charge in [0.1, 0.15) is 11.6 Å². The molecule has 0 aromatic heterocycles. The van der Waals surface area contributed by atoms with E-state index in [1.54, 1.807) is 37.3 Å². The molecule has 7 nitrogen and oxygen atoms in total. The maximum Gasteiger partial charge on any atom is 0.341 e. The van der Waals surface area contributed by atoms with Gasteiger partial charge in [-0.25, -0.2) is 9.18 Å². The number of amides is 2. The van der Waals surface area contributed by atoms with E-state index in [0.717, 1.165) is 0 Å². The van der Waals surface area contributed by atoms with Gasteiger partial charge in [0.25, 0.3) is 0 Å². The van der Waals surface area contributed by atoms with E-state index in [4.69, 9.17) is 9.84 Å². The number of anilines is 2. The highest BCUT2D eigenvalue weighted by Crippen LogP contribution is 2.27. The molecule has 0 aliphatic carbocycles. The fourth-order valence-electron chi connectivity index (χ4n) is 2.95. The van der Waals surface area contributed by atoms with Crippen molar-refractivity contribution in [2.45, 2.75) is 13.3 Å². The molecular formula is C20H19FN2O5. The van der Waals surface area contributed by atoms with Gasteiger partial charge in [0.05, 0.1) is 5.92 Å². The summed E-state index contributed by atoms with van der Waals surface area (Å²) in [7, 11) is 0. The van der Waals surface area contributed by atoms with Gasteiger partial charge < -0.3 is 20.1 Å². The first-order valence-corrected chi connectivity index (χ1v) is 8.65. The van der Waals surface area contributed by atoms with Crippen molar-refractivity contribution in [3.8, 4) is 5.75 Å². The molecule has 0 radical (unpaired) electrons. The normalized spacial score (nSPS) is 16.1. The maximum atomic E-state index is 13.4. The zero-order valence-corrected chi connectivity index (χ0v) is 15.1. The Hall–Kier alpha value is -3.42. The predicted molar refractivity (Wildman–Crippen MR) is 99.8 cm³/mol. The molecule has 2 aromatic rings. The lowest BCUT2D eigenvalue weighted by atomic mass is 10.1. The number of carboxylic acids is 1. The van der Waals surface area contributed by atoms with Crippen LogP contribution >= 0.6 is 0 Å². The van der Waals surface area contributed by atoms with E-state index in [0.29, 0.717) is 22.7 Å². The van der Waals surface area contributed by atoms with Crippen molar-refractivity contribution in [2.24, 2.45) is 5.92 Å². The first-order chi connectivity index (χ1) is 13.3. The van der Waals surface area contributed by atoms with Crippen molar-refractivity contribution in [3.05, 3.63) is 53.8 Å². The van der Waals surface area contributed by atoms with E-state index >= 15 is 0 Å². The lowest BCUT2D eigenvalue weighted by molar-refractivity contribution is -0.139. The summed E-state index contributed by atoms with van der Waals surface area (Å²) < 4.78 is 18.5. The van der Waals surface area contributed by atoms with Crippen molar-refractivity contribution < 1.29 is 28.6 Å². The lowest BCUT2D eigenvalue weighted by Crippen LogP contribution is -2.28. The number of carbonyl (C=O) groups is 3. The Morgan fingerprint density at radius 2 is 1.96 bits per heavy atom. The minimum atomic E-state index is -1.08. The molecule has 1 atom stereocenters. The zero-order valence-electron chi connectivity index (χ0n) is 15.1. The quantitative estimate of drug-likeness (QED) is 0.796. The molecule has 1 aliphatic heterocycles. The average molecular weight is 386 g/mol. The van der Waals surface area contributed by atoms with Crippen molar-refractivity contribution in [1.29, 1.82) is 0 Å². The summed E-state index contributed by atoms with van der Waals surface area (Å²) >= 11 is 0. The van der Waals surface area contributed by atoms with Gasteiger partial charge in [-0.15, -0.1) is 0 Å². The largest absolute Gasteiger partial charge is 0.482 e. The molecule has 2 N–H and O–H groups in total. The van der Waals surface area contributed by atoms with Crippen LogP contribution in [0.5, 0.6) is 5.75 Å². The molecule has 2 amide bonds. The second-order valence-electron chi connectivity index (χ2n) is 6.53. The van der Waals surface area contributed by atoms with Gasteiger partial charge in [-0.05, 0) is 55.0 Å². The summed E-state index contributed by atoms with van der Waals surface area (Å²) in [5.41, 5.74) is 1.51.